The summed E-state index contributed by atoms with van der Waals surface area (Å²) in [6.07, 6.45) is 4.46. The van der Waals surface area contributed by atoms with Crippen LogP contribution < -0.4 is 10.6 Å². The van der Waals surface area contributed by atoms with E-state index in [9.17, 15) is 23.2 Å². The van der Waals surface area contributed by atoms with Gasteiger partial charge in [0.05, 0.1) is 13.2 Å². The molecule has 2 aliphatic rings. The number of rotatable bonds is 10. The number of piperidine rings is 1. The Kier molecular flexibility index (Phi) is 9.78. The number of methoxy groups -OCH3 is 2. The minimum Gasteiger partial charge on any atom is -0.465 e. The SMILES string of the molecule is COCN(C(=O)CCCN1CCC(c2ccccn2)CC1)C1=C(C(=O)OC)C(c2ccc(F)c(F)c2)NC(=O)N1. The van der Waals surface area contributed by atoms with Gasteiger partial charge in [0.1, 0.15) is 18.1 Å². The molecule has 10 nitrogen and oxygen atoms in total. The lowest BCUT2D eigenvalue weighted by atomic mass is 9.93. The van der Waals surface area contributed by atoms with Gasteiger partial charge in [-0.15, -0.1) is 0 Å². The highest BCUT2D eigenvalue weighted by atomic mass is 19.2. The number of carbonyl (C=O) groups excluding carboxylic acids is 3. The smallest absolute Gasteiger partial charge is 0.339 e. The minimum atomic E-state index is -1.20. The van der Waals surface area contributed by atoms with Crippen molar-refractivity contribution in [3.05, 3.63) is 76.9 Å². The number of urea groups is 1. The third-order valence-electron chi connectivity index (χ3n) is 7.12. The standard InChI is InChI=1S/C28H33F2N5O5/c1-39-17-35(23(36)7-5-13-34-14-10-18(11-15-34)22-6-3-4-12-31-22)26-24(27(37)40-2)25(32-28(38)33-26)19-8-9-20(29)21(30)16-19/h3-4,6,8-9,12,16,18,25H,5,7,10-11,13-15,17H2,1-2H3,(H2,32,33,38). The summed E-state index contributed by atoms with van der Waals surface area (Å²) in [4.78, 5) is 46.8. The van der Waals surface area contributed by atoms with E-state index in [4.69, 9.17) is 9.47 Å². The number of nitrogens with one attached hydrogen (secondary N) is 2. The molecule has 12 heteroatoms. The molecular formula is C28H33F2N5O5. The van der Waals surface area contributed by atoms with Gasteiger partial charge in [0, 0.05) is 31.3 Å². The molecule has 4 rings (SSSR count). The van der Waals surface area contributed by atoms with Crippen LogP contribution in [0, 0.1) is 11.6 Å². The highest BCUT2D eigenvalue weighted by molar-refractivity contribution is 5.96. The van der Waals surface area contributed by atoms with Crippen LogP contribution in [0.4, 0.5) is 13.6 Å². The molecule has 1 fully saturated rings. The minimum absolute atomic E-state index is 0.102. The zero-order valence-electron chi connectivity index (χ0n) is 22.5. The van der Waals surface area contributed by atoms with Gasteiger partial charge in [-0.3, -0.25) is 20.0 Å². The molecule has 1 aromatic carbocycles. The largest absolute Gasteiger partial charge is 0.465 e. The Morgan fingerprint density at radius 3 is 2.55 bits per heavy atom. The van der Waals surface area contributed by atoms with Crippen molar-refractivity contribution < 1.29 is 32.6 Å². The zero-order chi connectivity index (χ0) is 28.6. The van der Waals surface area contributed by atoms with Gasteiger partial charge in [0.25, 0.3) is 0 Å². The first-order chi connectivity index (χ1) is 19.3. The number of nitrogens with zero attached hydrogens (tertiary/aromatic N) is 3. The van der Waals surface area contributed by atoms with E-state index in [2.05, 4.69) is 26.6 Å². The summed E-state index contributed by atoms with van der Waals surface area (Å²) >= 11 is 0. The van der Waals surface area contributed by atoms with Gasteiger partial charge in [-0.1, -0.05) is 12.1 Å². The fourth-order valence-electron chi connectivity index (χ4n) is 5.08. The van der Waals surface area contributed by atoms with Crippen LogP contribution in [0.15, 0.2) is 54.0 Å². The molecule has 1 unspecified atom stereocenters. The second-order valence-corrected chi connectivity index (χ2v) is 9.67. The quantitative estimate of drug-likeness (QED) is 0.341. The number of benzene rings is 1. The van der Waals surface area contributed by atoms with Crippen molar-refractivity contribution in [2.75, 3.05) is 40.6 Å². The van der Waals surface area contributed by atoms with Gasteiger partial charge in [-0.05, 0) is 68.7 Å². The van der Waals surface area contributed by atoms with Crippen molar-refractivity contribution in [2.24, 2.45) is 0 Å². The van der Waals surface area contributed by atoms with Gasteiger partial charge in [0.15, 0.2) is 11.6 Å². The Hall–Kier alpha value is -3.90. The third kappa shape index (κ3) is 6.80. The number of amides is 3. The van der Waals surface area contributed by atoms with Crippen molar-refractivity contribution in [2.45, 2.75) is 37.6 Å². The van der Waals surface area contributed by atoms with Crippen LogP contribution in [0.1, 0.15) is 48.9 Å². The highest BCUT2D eigenvalue weighted by Crippen LogP contribution is 2.31. The van der Waals surface area contributed by atoms with Gasteiger partial charge in [-0.25, -0.2) is 18.4 Å². The van der Waals surface area contributed by atoms with E-state index >= 15 is 0 Å². The van der Waals surface area contributed by atoms with E-state index in [1.807, 2.05) is 18.3 Å². The molecule has 2 aromatic rings. The molecule has 214 valence electrons. The fourth-order valence-corrected chi connectivity index (χ4v) is 5.08. The number of ether oxygens (including phenoxy) is 2. The van der Waals surface area contributed by atoms with Crippen molar-refractivity contribution in [1.82, 2.24) is 25.4 Å². The fraction of sp³-hybridized carbons (Fsp3) is 0.429. The first-order valence-electron chi connectivity index (χ1n) is 13.1. The van der Waals surface area contributed by atoms with Crippen LogP contribution in [0.2, 0.25) is 0 Å². The molecule has 0 saturated carbocycles. The zero-order valence-corrected chi connectivity index (χ0v) is 22.5. The second kappa shape index (κ2) is 13.4. The van der Waals surface area contributed by atoms with Crippen LogP contribution >= 0.6 is 0 Å². The summed E-state index contributed by atoms with van der Waals surface area (Å²) in [5.41, 5.74) is 1.06. The van der Waals surface area contributed by atoms with Crippen LogP contribution in [-0.2, 0) is 19.1 Å². The number of carbonyl (C=O) groups is 3. The van der Waals surface area contributed by atoms with Crippen LogP contribution in [0.5, 0.6) is 0 Å². The lowest BCUT2D eigenvalue weighted by Gasteiger charge is -2.34. The van der Waals surface area contributed by atoms with E-state index in [0.29, 0.717) is 18.9 Å². The van der Waals surface area contributed by atoms with Gasteiger partial charge in [-0.2, -0.15) is 0 Å². The molecule has 0 radical (unpaired) electrons. The van der Waals surface area contributed by atoms with E-state index in [0.717, 1.165) is 55.8 Å². The first kappa shape index (κ1) is 29.1. The molecule has 1 atom stereocenters. The lowest BCUT2D eigenvalue weighted by Crippen LogP contribution is -2.52. The maximum Gasteiger partial charge on any atom is 0.339 e. The van der Waals surface area contributed by atoms with Gasteiger partial charge < -0.3 is 19.7 Å². The molecule has 0 aliphatic carbocycles. The predicted octanol–water partition coefficient (Wildman–Crippen LogP) is 3.19. The number of likely N-dealkylation sites (tertiary alicyclic amines) is 1. The molecule has 40 heavy (non-hydrogen) atoms. The second-order valence-electron chi connectivity index (χ2n) is 9.67. The normalized spacial score (nSPS) is 18.2. The Morgan fingerprint density at radius 1 is 1.12 bits per heavy atom. The topological polar surface area (TPSA) is 113 Å². The average molecular weight is 558 g/mol. The number of esters is 1. The average Bonchev–Trinajstić information content (AvgIpc) is 2.97. The molecule has 1 saturated heterocycles. The summed E-state index contributed by atoms with van der Waals surface area (Å²) in [6.45, 7) is 2.24. The Morgan fingerprint density at radius 2 is 1.90 bits per heavy atom. The van der Waals surface area contributed by atoms with Crippen LogP contribution in [0.25, 0.3) is 0 Å². The van der Waals surface area contributed by atoms with Crippen molar-refractivity contribution in [3.8, 4) is 0 Å². The summed E-state index contributed by atoms with van der Waals surface area (Å²) in [6, 6.07) is 7.05. The molecule has 3 amide bonds. The molecule has 2 N–H and O–H groups in total. The summed E-state index contributed by atoms with van der Waals surface area (Å²) in [5, 5.41) is 5.03. The molecule has 2 aliphatic heterocycles. The van der Waals surface area contributed by atoms with E-state index < -0.39 is 29.7 Å². The highest BCUT2D eigenvalue weighted by Gasteiger charge is 2.38. The number of halogens is 2. The van der Waals surface area contributed by atoms with Crippen molar-refractivity contribution >= 4 is 17.9 Å². The number of aromatic nitrogens is 1. The molecule has 0 bridgehead atoms. The molecule has 0 spiro atoms. The third-order valence-corrected chi connectivity index (χ3v) is 7.12. The van der Waals surface area contributed by atoms with Crippen molar-refractivity contribution in [3.63, 3.8) is 0 Å². The van der Waals surface area contributed by atoms with E-state index in [-0.39, 0.29) is 36.0 Å². The molecule has 1 aromatic heterocycles. The molecule has 3 heterocycles. The van der Waals surface area contributed by atoms with Crippen LogP contribution in [-0.4, -0.2) is 73.3 Å². The molecular weight excluding hydrogens is 524 g/mol. The number of hydrogen-bond acceptors (Lipinski definition) is 7. The van der Waals surface area contributed by atoms with Gasteiger partial charge >= 0.3 is 12.0 Å². The lowest BCUT2D eigenvalue weighted by molar-refractivity contribution is -0.137. The van der Waals surface area contributed by atoms with Crippen molar-refractivity contribution in [1.29, 1.82) is 0 Å². The van der Waals surface area contributed by atoms with Gasteiger partial charge in [0.2, 0.25) is 5.91 Å². The van der Waals surface area contributed by atoms with E-state index in [1.165, 1.54) is 13.2 Å². The summed E-state index contributed by atoms with van der Waals surface area (Å²) < 4.78 is 37.7. The Balaban J connectivity index is 1.47. The number of pyridine rings is 1. The van der Waals surface area contributed by atoms with E-state index in [1.54, 1.807) is 0 Å². The first-order valence-corrected chi connectivity index (χ1v) is 13.1. The summed E-state index contributed by atoms with van der Waals surface area (Å²) in [5.74, 6) is -3.18. The Bertz CT molecular complexity index is 1250. The maximum absolute atomic E-state index is 14.0. The monoisotopic (exact) mass is 557 g/mol. The number of hydrogen-bond donors (Lipinski definition) is 2. The summed E-state index contributed by atoms with van der Waals surface area (Å²) in [7, 11) is 2.52. The Labute approximate surface area is 231 Å². The predicted molar refractivity (Wildman–Crippen MR) is 140 cm³/mol. The van der Waals surface area contributed by atoms with Crippen LogP contribution in [0.3, 0.4) is 0 Å². The maximum atomic E-state index is 14.0.